The van der Waals surface area contributed by atoms with Gasteiger partial charge in [-0.2, -0.15) is 0 Å². The highest BCUT2D eigenvalue weighted by atomic mass is 35.5. The molecule has 1 aromatic rings. The second-order valence-corrected chi connectivity index (χ2v) is 4.33. The lowest BCUT2D eigenvalue weighted by atomic mass is 10.2. The summed E-state index contributed by atoms with van der Waals surface area (Å²) in [7, 11) is 0. The number of hydrogen-bond donors (Lipinski definition) is 1. The first-order valence-corrected chi connectivity index (χ1v) is 5.58. The molecule has 0 aromatic heterocycles. The highest BCUT2D eigenvalue weighted by Gasteiger charge is 2.21. The zero-order valence-corrected chi connectivity index (χ0v) is 10.7. The smallest absolute Gasteiger partial charge is 0.312 e. The van der Waals surface area contributed by atoms with Crippen molar-refractivity contribution in [1.82, 2.24) is 0 Å². The molecular weight excluding hydrogens is 285 g/mol. The summed E-state index contributed by atoms with van der Waals surface area (Å²) in [4.78, 5) is 20.6. The number of carbonyl (C=O) groups is 1. The van der Waals surface area contributed by atoms with Gasteiger partial charge in [-0.1, -0.05) is 23.2 Å². The average molecular weight is 294 g/mol. The minimum absolute atomic E-state index is 0.0293. The molecule has 1 atom stereocenters. The largest absolute Gasteiger partial charge is 0.483 e. The molecule has 1 rings (SSSR count). The van der Waals surface area contributed by atoms with Crippen molar-refractivity contribution in [2.45, 2.75) is 19.4 Å². The van der Waals surface area contributed by atoms with E-state index < -0.39 is 17.0 Å². The lowest BCUT2D eigenvalue weighted by Gasteiger charge is -2.13. The van der Waals surface area contributed by atoms with Crippen LogP contribution in [0.5, 0.6) is 5.75 Å². The molecular formula is C10H9Cl2NO5. The molecule has 0 amide bonds. The van der Waals surface area contributed by atoms with Gasteiger partial charge in [0.2, 0.25) is 0 Å². The van der Waals surface area contributed by atoms with Gasteiger partial charge in [-0.05, 0) is 6.92 Å². The van der Waals surface area contributed by atoms with E-state index in [0.717, 1.165) is 6.07 Å². The molecule has 0 aliphatic carbocycles. The summed E-state index contributed by atoms with van der Waals surface area (Å²) in [5, 5.41) is 19.5. The summed E-state index contributed by atoms with van der Waals surface area (Å²) in [6.07, 6.45) is -1.00. The van der Waals surface area contributed by atoms with Crippen molar-refractivity contribution in [2.24, 2.45) is 0 Å². The summed E-state index contributed by atoms with van der Waals surface area (Å²) >= 11 is 11.4. The fraction of sp³-hybridized carbons (Fsp3) is 0.300. The molecule has 0 saturated heterocycles. The number of ether oxygens (including phenoxy) is 1. The van der Waals surface area contributed by atoms with Crippen LogP contribution in [0.15, 0.2) is 12.1 Å². The SMILES string of the molecule is C[C@H](CC(=O)O)Oc1cc(Cl)c(Cl)cc1[N+](=O)[O-]. The van der Waals surface area contributed by atoms with Crippen LogP contribution in [0.3, 0.4) is 0 Å². The lowest BCUT2D eigenvalue weighted by molar-refractivity contribution is -0.386. The van der Waals surface area contributed by atoms with Crippen LogP contribution in [-0.2, 0) is 4.79 Å². The Balaban J connectivity index is 3.03. The molecule has 8 heteroatoms. The monoisotopic (exact) mass is 293 g/mol. The number of benzene rings is 1. The maximum atomic E-state index is 10.8. The third-order valence-electron chi connectivity index (χ3n) is 1.99. The van der Waals surface area contributed by atoms with Crippen molar-refractivity contribution in [1.29, 1.82) is 0 Å². The third kappa shape index (κ3) is 3.75. The first-order chi connectivity index (χ1) is 8.31. The minimum atomic E-state index is -1.06. The van der Waals surface area contributed by atoms with Crippen LogP contribution in [0.4, 0.5) is 5.69 Å². The van der Waals surface area contributed by atoms with Gasteiger partial charge in [-0.25, -0.2) is 0 Å². The highest BCUT2D eigenvalue weighted by molar-refractivity contribution is 6.42. The van der Waals surface area contributed by atoms with E-state index in [4.69, 9.17) is 33.0 Å². The summed E-state index contributed by atoms with van der Waals surface area (Å²) in [6.45, 7) is 1.49. The maximum Gasteiger partial charge on any atom is 0.312 e. The van der Waals surface area contributed by atoms with E-state index in [-0.39, 0.29) is 27.9 Å². The van der Waals surface area contributed by atoms with Gasteiger partial charge < -0.3 is 9.84 Å². The van der Waals surface area contributed by atoms with Gasteiger partial charge in [0.15, 0.2) is 5.75 Å². The van der Waals surface area contributed by atoms with Crippen LogP contribution in [0.25, 0.3) is 0 Å². The van der Waals surface area contributed by atoms with Gasteiger partial charge in [0.25, 0.3) is 0 Å². The molecule has 0 heterocycles. The van der Waals surface area contributed by atoms with Gasteiger partial charge in [0.05, 0.1) is 21.4 Å². The number of carboxylic acid groups (broad SMARTS) is 1. The number of hydrogen-bond acceptors (Lipinski definition) is 4. The van der Waals surface area contributed by atoms with E-state index in [0.29, 0.717) is 0 Å². The Hall–Kier alpha value is -1.53. The van der Waals surface area contributed by atoms with E-state index in [9.17, 15) is 14.9 Å². The molecule has 0 unspecified atom stereocenters. The third-order valence-corrected chi connectivity index (χ3v) is 2.71. The Morgan fingerprint density at radius 2 is 2.06 bits per heavy atom. The summed E-state index contributed by atoms with van der Waals surface area (Å²) in [5.74, 6) is -1.17. The molecule has 0 bridgehead atoms. The lowest BCUT2D eigenvalue weighted by Crippen LogP contribution is -2.17. The second-order valence-electron chi connectivity index (χ2n) is 3.52. The fourth-order valence-electron chi connectivity index (χ4n) is 1.26. The number of halogens is 2. The van der Waals surface area contributed by atoms with Crippen molar-refractivity contribution in [2.75, 3.05) is 0 Å². The van der Waals surface area contributed by atoms with Crippen molar-refractivity contribution in [3.63, 3.8) is 0 Å². The molecule has 98 valence electrons. The van der Waals surface area contributed by atoms with Crippen LogP contribution in [0.1, 0.15) is 13.3 Å². The molecule has 6 nitrogen and oxygen atoms in total. The molecule has 18 heavy (non-hydrogen) atoms. The van der Waals surface area contributed by atoms with Crippen molar-refractivity contribution in [3.8, 4) is 5.75 Å². The van der Waals surface area contributed by atoms with E-state index in [1.165, 1.54) is 13.0 Å². The van der Waals surface area contributed by atoms with Gasteiger partial charge in [0, 0.05) is 12.1 Å². The second kappa shape index (κ2) is 5.88. The molecule has 0 aliphatic rings. The van der Waals surface area contributed by atoms with Crippen LogP contribution < -0.4 is 4.74 Å². The van der Waals surface area contributed by atoms with Gasteiger partial charge in [0.1, 0.15) is 6.10 Å². The first kappa shape index (κ1) is 14.5. The molecule has 1 N–H and O–H groups in total. The number of nitrogens with zero attached hydrogens (tertiary/aromatic N) is 1. The van der Waals surface area contributed by atoms with E-state index in [1.54, 1.807) is 0 Å². The molecule has 0 fully saturated rings. The highest BCUT2D eigenvalue weighted by Crippen LogP contribution is 2.36. The first-order valence-electron chi connectivity index (χ1n) is 4.83. The van der Waals surface area contributed by atoms with Crippen LogP contribution in [-0.4, -0.2) is 22.1 Å². The molecule has 0 saturated carbocycles. The summed E-state index contributed by atoms with van der Waals surface area (Å²) in [5.41, 5.74) is -0.360. The topological polar surface area (TPSA) is 89.7 Å². The van der Waals surface area contributed by atoms with E-state index in [2.05, 4.69) is 0 Å². The standard InChI is InChI=1S/C10H9Cl2NO5/c1-5(2-10(14)15)18-9-4-7(12)6(11)3-8(9)13(16)17/h3-5H,2H2,1H3,(H,14,15)/t5-/m1/s1. The summed E-state index contributed by atoms with van der Waals surface area (Å²) in [6, 6.07) is 2.26. The Labute approximate surface area is 112 Å². The molecule has 0 spiro atoms. The fourth-order valence-corrected chi connectivity index (χ4v) is 1.57. The zero-order chi connectivity index (χ0) is 13.9. The van der Waals surface area contributed by atoms with Crippen LogP contribution >= 0.6 is 23.2 Å². The number of rotatable bonds is 5. The van der Waals surface area contributed by atoms with Gasteiger partial charge >= 0.3 is 11.7 Å². The van der Waals surface area contributed by atoms with Gasteiger partial charge in [-0.3, -0.25) is 14.9 Å². The average Bonchev–Trinajstić information content (AvgIpc) is 2.21. The number of nitro groups is 1. The number of carboxylic acids is 1. The van der Waals surface area contributed by atoms with E-state index >= 15 is 0 Å². The normalized spacial score (nSPS) is 11.9. The minimum Gasteiger partial charge on any atom is -0.483 e. The van der Waals surface area contributed by atoms with Crippen molar-refractivity contribution in [3.05, 3.63) is 32.3 Å². The predicted molar refractivity (Wildman–Crippen MR) is 65.5 cm³/mol. The van der Waals surface area contributed by atoms with Crippen LogP contribution in [0.2, 0.25) is 10.0 Å². The number of nitro benzene ring substituents is 1. The quantitative estimate of drug-likeness (QED) is 0.665. The van der Waals surface area contributed by atoms with Crippen molar-refractivity contribution >= 4 is 34.9 Å². The molecule has 1 aromatic carbocycles. The molecule has 0 aliphatic heterocycles. The zero-order valence-electron chi connectivity index (χ0n) is 9.22. The van der Waals surface area contributed by atoms with Crippen LogP contribution in [0, 0.1) is 10.1 Å². The summed E-state index contributed by atoms with van der Waals surface area (Å²) < 4.78 is 5.19. The number of aliphatic carboxylic acids is 1. The Morgan fingerprint density at radius 1 is 1.50 bits per heavy atom. The molecule has 0 radical (unpaired) electrons. The van der Waals surface area contributed by atoms with E-state index in [1.807, 2.05) is 0 Å². The maximum absolute atomic E-state index is 10.8. The predicted octanol–water partition coefficient (Wildman–Crippen LogP) is 3.14. The van der Waals surface area contributed by atoms with Crippen molar-refractivity contribution < 1.29 is 19.6 Å². The Bertz CT molecular complexity index is 491. The van der Waals surface area contributed by atoms with Gasteiger partial charge in [-0.15, -0.1) is 0 Å². The Morgan fingerprint density at radius 3 is 2.56 bits per heavy atom. The Kier molecular flexibility index (Phi) is 4.75.